The maximum Gasteiger partial charge on any atom is 0.232 e. The minimum Gasteiger partial charge on any atom is -0.341 e. The minimum absolute atomic E-state index is 0.00572. The van der Waals surface area contributed by atoms with Crippen LogP contribution in [0, 0.1) is 6.92 Å². The van der Waals surface area contributed by atoms with Crippen molar-refractivity contribution in [2.75, 3.05) is 13.1 Å². The van der Waals surface area contributed by atoms with Crippen molar-refractivity contribution in [3.05, 3.63) is 77.2 Å². The molecule has 6 nitrogen and oxygen atoms in total. The zero-order valence-corrected chi connectivity index (χ0v) is 17.9. The molecule has 1 saturated carbocycles. The second-order valence-electron chi connectivity index (χ2n) is 8.93. The van der Waals surface area contributed by atoms with E-state index in [4.69, 9.17) is 9.51 Å². The van der Waals surface area contributed by atoms with E-state index >= 15 is 0 Å². The normalized spacial score (nSPS) is 21.6. The van der Waals surface area contributed by atoms with Crippen LogP contribution >= 0.6 is 0 Å². The molecular formula is C25H28N4O2. The molecule has 31 heavy (non-hydrogen) atoms. The zero-order valence-electron chi connectivity index (χ0n) is 17.9. The Morgan fingerprint density at radius 3 is 2.61 bits per heavy atom. The quantitative estimate of drug-likeness (QED) is 0.617. The lowest BCUT2D eigenvalue weighted by Crippen LogP contribution is -2.30. The largest absolute Gasteiger partial charge is 0.341 e. The average molecular weight is 417 g/mol. The lowest BCUT2D eigenvalue weighted by molar-refractivity contribution is -0.129. The van der Waals surface area contributed by atoms with Crippen LogP contribution in [0.1, 0.15) is 71.8 Å². The summed E-state index contributed by atoms with van der Waals surface area (Å²) in [5, 5.41) is 4.31. The van der Waals surface area contributed by atoms with Gasteiger partial charge in [0, 0.05) is 37.3 Å². The van der Waals surface area contributed by atoms with Gasteiger partial charge in [0.2, 0.25) is 11.8 Å². The van der Waals surface area contributed by atoms with Crippen LogP contribution in [-0.2, 0) is 11.2 Å². The van der Waals surface area contributed by atoms with Crippen molar-refractivity contribution in [2.24, 2.45) is 0 Å². The summed E-state index contributed by atoms with van der Waals surface area (Å²) in [4.78, 5) is 24.2. The van der Waals surface area contributed by atoms with Crippen molar-refractivity contribution in [3.8, 4) is 0 Å². The highest BCUT2D eigenvalue weighted by molar-refractivity contribution is 5.79. The Labute approximate surface area is 182 Å². The molecule has 3 aromatic rings. The van der Waals surface area contributed by atoms with E-state index in [2.05, 4.69) is 35.3 Å². The van der Waals surface area contributed by atoms with Crippen molar-refractivity contribution in [3.63, 3.8) is 0 Å². The maximum absolute atomic E-state index is 13.1. The summed E-state index contributed by atoms with van der Waals surface area (Å²) >= 11 is 0. The number of carbonyl (C=O) groups is 1. The van der Waals surface area contributed by atoms with Crippen LogP contribution in [0.3, 0.4) is 0 Å². The van der Waals surface area contributed by atoms with E-state index in [1.54, 1.807) is 6.20 Å². The maximum atomic E-state index is 13.1. The molecule has 3 heterocycles. The van der Waals surface area contributed by atoms with E-state index in [9.17, 15) is 4.79 Å². The van der Waals surface area contributed by atoms with Crippen molar-refractivity contribution in [1.29, 1.82) is 0 Å². The third-order valence-electron chi connectivity index (χ3n) is 6.76. The summed E-state index contributed by atoms with van der Waals surface area (Å²) in [6.45, 7) is 3.29. The van der Waals surface area contributed by atoms with Gasteiger partial charge in [0.25, 0.3) is 0 Å². The van der Waals surface area contributed by atoms with Crippen LogP contribution in [0.25, 0.3) is 0 Å². The molecule has 0 bridgehead atoms. The monoisotopic (exact) mass is 416 g/mol. The van der Waals surface area contributed by atoms with E-state index in [0.29, 0.717) is 31.3 Å². The van der Waals surface area contributed by atoms with Crippen molar-refractivity contribution in [1.82, 2.24) is 20.0 Å². The molecule has 2 fully saturated rings. The molecule has 0 radical (unpaired) electrons. The van der Waals surface area contributed by atoms with E-state index in [1.165, 1.54) is 18.4 Å². The first-order chi connectivity index (χ1) is 15.2. The smallest absolute Gasteiger partial charge is 0.232 e. The number of carbonyl (C=O) groups excluding carboxylic acids is 1. The van der Waals surface area contributed by atoms with E-state index in [1.807, 2.05) is 29.3 Å². The predicted octanol–water partition coefficient (Wildman–Crippen LogP) is 4.38. The van der Waals surface area contributed by atoms with E-state index in [-0.39, 0.29) is 17.7 Å². The van der Waals surface area contributed by atoms with Gasteiger partial charge < -0.3 is 9.42 Å². The van der Waals surface area contributed by atoms with Gasteiger partial charge in [0.15, 0.2) is 5.82 Å². The molecule has 2 atom stereocenters. The Kier molecular flexibility index (Phi) is 5.53. The SMILES string of the molecule is Cc1ccc(CC(=O)N2CC(c3cccnc3)C(c3nc(C4CCCC4)no3)C2)cc1. The predicted molar refractivity (Wildman–Crippen MR) is 117 cm³/mol. The molecule has 1 aliphatic heterocycles. The summed E-state index contributed by atoms with van der Waals surface area (Å²) in [7, 11) is 0. The van der Waals surface area contributed by atoms with Crippen LogP contribution < -0.4 is 0 Å². The summed E-state index contributed by atoms with van der Waals surface area (Å²) in [5.74, 6) is 2.13. The van der Waals surface area contributed by atoms with E-state index < -0.39 is 0 Å². The number of hydrogen-bond acceptors (Lipinski definition) is 5. The summed E-state index contributed by atoms with van der Waals surface area (Å²) in [6.07, 6.45) is 8.81. The Morgan fingerprint density at radius 2 is 1.87 bits per heavy atom. The third-order valence-corrected chi connectivity index (χ3v) is 6.76. The fourth-order valence-corrected chi connectivity index (χ4v) is 4.93. The van der Waals surface area contributed by atoms with Crippen LogP contribution in [0.4, 0.5) is 0 Å². The number of hydrogen-bond donors (Lipinski definition) is 0. The number of amides is 1. The van der Waals surface area contributed by atoms with Gasteiger partial charge in [-0.25, -0.2) is 0 Å². The van der Waals surface area contributed by atoms with Gasteiger partial charge in [-0.2, -0.15) is 4.98 Å². The lowest BCUT2D eigenvalue weighted by atomic mass is 9.90. The first-order valence-electron chi connectivity index (χ1n) is 11.2. The number of aromatic nitrogens is 3. The number of benzene rings is 1. The Bertz CT molecular complexity index is 1030. The van der Waals surface area contributed by atoms with Crippen molar-refractivity contribution >= 4 is 5.91 Å². The molecule has 1 amide bonds. The molecule has 6 heteroatoms. The number of rotatable bonds is 5. The molecule has 2 unspecified atom stereocenters. The Hall–Kier alpha value is -3.02. The standard InChI is InChI=1S/C25H28N4O2/c1-17-8-10-18(11-9-17)13-23(30)29-15-21(20-7-4-12-26-14-20)22(16-29)25-27-24(28-31-25)19-5-2-3-6-19/h4,7-12,14,19,21-22H,2-3,5-6,13,15-16H2,1H3. The molecular weight excluding hydrogens is 388 g/mol. The fraction of sp³-hybridized carbons (Fsp3) is 0.440. The van der Waals surface area contributed by atoms with Crippen LogP contribution in [0.15, 0.2) is 53.3 Å². The highest BCUT2D eigenvalue weighted by atomic mass is 16.5. The summed E-state index contributed by atoms with van der Waals surface area (Å²) in [5.41, 5.74) is 3.35. The van der Waals surface area contributed by atoms with Gasteiger partial charge in [-0.3, -0.25) is 9.78 Å². The van der Waals surface area contributed by atoms with Gasteiger partial charge in [-0.1, -0.05) is 53.9 Å². The first kappa shape index (κ1) is 19.9. The van der Waals surface area contributed by atoms with Crippen LogP contribution in [0.2, 0.25) is 0 Å². The topological polar surface area (TPSA) is 72.1 Å². The number of nitrogens with zero attached hydrogens (tertiary/aromatic N) is 4. The molecule has 2 aliphatic rings. The fourth-order valence-electron chi connectivity index (χ4n) is 4.93. The van der Waals surface area contributed by atoms with Crippen molar-refractivity contribution < 1.29 is 9.32 Å². The average Bonchev–Trinajstić information content (AvgIpc) is 3.55. The zero-order chi connectivity index (χ0) is 21.2. The summed E-state index contributed by atoms with van der Waals surface area (Å²) < 4.78 is 5.75. The van der Waals surface area contributed by atoms with Gasteiger partial charge >= 0.3 is 0 Å². The second kappa shape index (κ2) is 8.61. The molecule has 0 spiro atoms. The summed E-state index contributed by atoms with van der Waals surface area (Å²) in [6, 6.07) is 12.2. The van der Waals surface area contributed by atoms with Crippen molar-refractivity contribution in [2.45, 2.75) is 56.8 Å². The Morgan fingerprint density at radius 1 is 1.10 bits per heavy atom. The van der Waals surface area contributed by atoms with E-state index in [0.717, 1.165) is 29.8 Å². The minimum atomic E-state index is -0.00572. The third kappa shape index (κ3) is 4.24. The molecule has 1 aromatic carbocycles. The van der Waals surface area contributed by atoms with Gasteiger partial charge in [-0.05, 0) is 37.0 Å². The number of likely N-dealkylation sites (tertiary alicyclic amines) is 1. The molecule has 0 N–H and O–H groups in total. The Balaban J connectivity index is 1.37. The van der Waals surface area contributed by atoms with Gasteiger partial charge in [0.05, 0.1) is 12.3 Å². The van der Waals surface area contributed by atoms with Gasteiger partial charge in [0.1, 0.15) is 0 Å². The van der Waals surface area contributed by atoms with Crippen LogP contribution in [0.5, 0.6) is 0 Å². The molecule has 5 rings (SSSR count). The van der Waals surface area contributed by atoms with Gasteiger partial charge in [-0.15, -0.1) is 0 Å². The number of aryl methyl sites for hydroxylation is 1. The molecule has 2 aromatic heterocycles. The first-order valence-corrected chi connectivity index (χ1v) is 11.2. The van der Waals surface area contributed by atoms with Crippen LogP contribution in [-0.4, -0.2) is 39.0 Å². The molecule has 1 aliphatic carbocycles. The second-order valence-corrected chi connectivity index (χ2v) is 8.93. The highest BCUT2D eigenvalue weighted by Crippen LogP contribution is 2.40. The lowest BCUT2D eigenvalue weighted by Gasteiger charge is -2.16. The number of pyridine rings is 1. The highest BCUT2D eigenvalue weighted by Gasteiger charge is 2.40. The molecule has 160 valence electrons. The molecule has 1 saturated heterocycles.